The van der Waals surface area contributed by atoms with Crippen LogP contribution < -0.4 is 5.32 Å². The molecule has 0 aromatic heterocycles. The van der Waals surface area contributed by atoms with Crippen molar-refractivity contribution in [3.63, 3.8) is 0 Å². The van der Waals surface area contributed by atoms with Crippen molar-refractivity contribution in [1.29, 1.82) is 0 Å². The van der Waals surface area contributed by atoms with Crippen LogP contribution >= 0.6 is 0 Å². The molecule has 0 radical (unpaired) electrons. The van der Waals surface area contributed by atoms with Crippen LogP contribution in [0, 0.1) is 0 Å². The maximum absolute atomic E-state index is 9.93. The van der Waals surface area contributed by atoms with Crippen molar-refractivity contribution in [3.8, 4) is 0 Å². The van der Waals surface area contributed by atoms with Gasteiger partial charge in [-0.15, -0.1) is 0 Å². The maximum Gasteiger partial charge on any atom is 0.111 e. The van der Waals surface area contributed by atoms with Gasteiger partial charge in [-0.1, -0.05) is 0 Å². The van der Waals surface area contributed by atoms with Gasteiger partial charge in [-0.3, -0.25) is 0 Å². The Bertz CT molecular complexity index is 330. The first-order chi connectivity index (χ1) is 9.42. The van der Waals surface area contributed by atoms with Gasteiger partial charge in [-0.25, -0.2) is 0 Å². The van der Waals surface area contributed by atoms with Gasteiger partial charge >= 0.3 is 0 Å². The third kappa shape index (κ3) is 2.56. The zero-order valence-corrected chi connectivity index (χ0v) is 10.6. The van der Waals surface area contributed by atoms with Crippen LogP contribution in [0.2, 0.25) is 0 Å². The Balaban J connectivity index is 2.15. The average Bonchev–Trinajstić information content (AvgIpc) is 2.73. The number of hydrogen-bond acceptors (Lipinski definition) is 9. The normalized spacial score (nSPS) is 53.2. The Morgan fingerprint density at radius 2 is 1.40 bits per heavy atom. The number of nitrogens with one attached hydrogen (secondary N) is 1. The molecule has 2 saturated heterocycles. The van der Waals surface area contributed by atoms with Gasteiger partial charge in [0.15, 0.2) is 0 Å². The lowest BCUT2D eigenvalue weighted by Gasteiger charge is -2.43. The lowest BCUT2D eigenvalue weighted by atomic mass is 9.89. The van der Waals surface area contributed by atoms with E-state index in [1.165, 1.54) is 0 Å². The first-order valence-electron chi connectivity index (χ1n) is 6.46. The minimum absolute atomic E-state index is 0.424. The minimum atomic E-state index is -1.55. The number of aliphatic hydroxyl groups excluding tert-OH is 7. The summed E-state index contributed by atoms with van der Waals surface area (Å²) in [4.78, 5) is 0. The molecule has 0 amide bonds. The summed E-state index contributed by atoms with van der Waals surface area (Å²) in [6.07, 6.45) is -9.35. The zero-order chi connectivity index (χ0) is 15.0. The molecule has 0 spiro atoms. The summed E-state index contributed by atoms with van der Waals surface area (Å²) in [5, 5.41) is 69.8. The fourth-order valence-electron chi connectivity index (χ4n) is 2.77. The SMILES string of the molecule is OCC1NC([C@@H]2O[C@H](CO)[C@@H](O)[C@H](O)[C@H]2O)C(O)C1O. The van der Waals surface area contributed by atoms with E-state index in [0.717, 1.165) is 0 Å². The molecule has 4 unspecified atom stereocenters. The molecule has 9 nitrogen and oxygen atoms in total. The van der Waals surface area contributed by atoms with E-state index < -0.39 is 68.0 Å². The fraction of sp³-hybridized carbons (Fsp3) is 1.00. The summed E-state index contributed by atoms with van der Waals surface area (Å²) in [5.74, 6) is 0. The molecule has 2 aliphatic heterocycles. The molecular formula is C11H21NO8. The zero-order valence-electron chi connectivity index (χ0n) is 10.6. The highest BCUT2D eigenvalue weighted by atomic mass is 16.5. The van der Waals surface area contributed by atoms with E-state index in [-0.39, 0.29) is 0 Å². The van der Waals surface area contributed by atoms with Crippen LogP contribution in [-0.2, 0) is 4.74 Å². The van der Waals surface area contributed by atoms with Gasteiger partial charge in [0, 0.05) is 0 Å². The summed E-state index contributed by atoms with van der Waals surface area (Å²) >= 11 is 0. The van der Waals surface area contributed by atoms with E-state index in [2.05, 4.69) is 5.32 Å². The van der Waals surface area contributed by atoms with Gasteiger partial charge < -0.3 is 45.8 Å². The standard InChI is InChI=1S/C11H21NO8/c13-1-3-6(15)8(17)5(12-3)11-10(19)9(18)7(16)4(2-14)20-11/h3-19H,1-2H2/t3?,4-,5?,6?,7-,8?,9+,10-,11+/m1/s1. The number of hydrogen-bond donors (Lipinski definition) is 8. The van der Waals surface area contributed by atoms with Gasteiger partial charge in [0.05, 0.1) is 37.5 Å². The molecule has 2 aliphatic rings. The second-order valence-electron chi connectivity index (χ2n) is 5.26. The molecule has 20 heavy (non-hydrogen) atoms. The van der Waals surface area contributed by atoms with Crippen molar-refractivity contribution in [3.05, 3.63) is 0 Å². The summed E-state index contributed by atoms with van der Waals surface area (Å²) in [5.41, 5.74) is 0. The van der Waals surface area contributed by atoms with Gasteiger partial charge in [-0.05, 0) is 0 Å². The van der Waals surface area contributed by atoms with Crippen LogP contribution in [0.1, 0.15) is 0 Å². The molecule has 2 heterocycles. The monoisotopic (exact) mass is 295 g/mol. The second kappa shape index (κ2) is 6.18. The molecular weight excluding hydrogens is 274 g/mol. The molecule has 0 bridgehead atoms. The Kier molecular flexibility index (Phi) is 4.95. The summed E-state index contributed by atoms with van der Waals surface area (Å²) in [6, 6.07) is -1.74. The van der Waals surface area contributed by atoms with Crippen LogP contribution in [0.15, 0.2) is 0 Å². The summed E-state index contributed by atoms with van der Waals surface area (Å²) in [7, 11) is 0. The Labute approximate surface area is 115 Å². The van der Waals surface area contributed by atoms with Crippen molar-refractivity contribution in [1.82, 2.24) is 5.32 Å². The molecule has 9 heteroatoms. The molecule has 0 aromatic rings. The number of rotatable bonds is 3. The lowest BCUT2D eigenvalue weighted by Crippen LogP contribution is -2.64. The Morgan fingerprint density at radius 1 is 0.750 bits per heavy atom. The van der Waals surface area contributed by atoms with E-state index in [0.29, 0.717) is 0 Å². The first-order valence-corrected chi connectivity index (χ1v) is 6.46. The van der Waals surface area contributed by atoms with Crippen molar-refractivity contribution < 1.29 is 40.5 Å². The molecule has 0 aromatic carbocycles. The highest BCUT2D eigenvalue weighted by Gasteiger charge is 2.52. The molecule has 8 N–H and O–H groups in total. The van der Waals surface area contributed by atoms with E-state index in [1.807, 2.05) is 0 Å². The highest BCUT2D eigenvalue weighted by Crippen LogP contribution is 2.28. The van der Waals surface area contributed by atoms with Gasteiger partial charge in [-0.2, -0.15) is 0 Å². The van der Waals surface area contributed by atoms with E-state index in [4.69, 9.17) is 14.9 Å². The van der Waals surface area contributed by atoms with Crippen LogP contribution in [0.3, 0.4) is 0 Å². The van der Waals surface area contributed by atoms with Gasteiger partial charge in [0.1, 0.15) is 30.5 Å². The fourth-order valence-corrected chi connectivity index (χ4v) is 2.77. The van der Waals surface area contributed by atoms with Crippen molar-refractivity contribution >= 4 is 0 Å². The van der Waals surface area contributed by atoms with Crippen LogP contribution in [0.25, 0.3) is 0 Å². The molecule has 118 valence electrons. The van der Waals surface area contributed by atoms with Crippen molar-refractivity contribution in [2.45, 2.75) is 54.8 Å². The molecule has 0 saturated carbocycles. The third-order valence-corrected chi connectivity index (χ3v) is 4.02. The lowest BCUT2D eigenvalue weighted by molar-refractivity contribution is -0.239. The average molecular weight is 295 g/mol. The predicted octanol–water partition coefficient (Wildman–Crippen LogP) is -5.12. The third-order valence-electron chi connectivity index (χ3n) is 4.02. The van der Waals surface area contributed by atoms with Crippen molar-refractivity contribution in [2.75, 3.05) is 13.2 Å². The number of ether oxygens (including phenoxy) is 1. The molecule has 0 aliphatic carbocycles. The summed E-state index contributed by atoms with van der Waals surface area (Å²) in [6.45, 7) is -0.998. The van der Waals surface area contributed by atoms with Crippen LogP contribution in [0.4, 0.5) is 0 Å². The molecule has 2 rings (SSSR count). The van der Waals surface area contributed by atoms with Gasteiger partial charge in [0.2, 0.25) is 0 Å². The minimum Gasteiger partial charge on any atom is -0.395 e. The largest absolute Gasteiger partial charge is 0.395 e. The Hall–Kier alpha value is -0.360. The topological polar surface area (TPSA) is 163 Å². The van der Waals surface area contributed by atoms with E-state index in [9.17, 15) is 25.5 Å². The van der Waals surface area contributed by atoms with E-state index >= 15 is 0 Å². The second-order valence-corrected chi connectivity index (χ2v) is 5.26. The van der Waals surface area contributed by atoms with Crippen LogP contribution in [0.5, 0.6) is 0 Å². The van der Waals surface area contributed by atoms with Crippen LogP contribution in [-0.4, -0.2) is 104 Å². The van der Waals surface area contributed by atoms with Crippen molar-refractivity contribution in [2.24, 2.45) is 0 Å². The van der Waals surface area contributed by atoms with E-state index in [1.54, 1.807) is 0 Å². The smallest absolute Gasteiger partial charge is 0.111 e. The van der Waals surface area contributed by atoms with Gasteiger partial charge in [0.25, 0.3) is 0 Å². The molecule has 2 fully saturated rings. The Morgan fingerprint density at radius 3 is 1.90 bits per heavy atom. The highest BCUT2D eigenvalue weighted by molar-refractivity contribution is 5.06. The maximum atomic E-state index is 9.93. The predicted molar refractivity (Wildman–Crippen MR) is 63.6 cm³/mol. The first kappa shape index (κ1) is 16.0. The quantitative estimate of drug-likeness (QED) is 0.254. The number of aliphatic hydroxyl groups is 7. The summed E-state index contributed by atoms with van der Waals surface area (Å²) < 4.78 is 5.30. The molecule has 9 atom stereocenters.